The first-order valence-electron chi connectivity index (χ1n) is 10.8. The van der Waals surface area contributed by atoms with E-state index in [1.807, 2.05) is 0 Å². The van der Waals surface area contributed by atoms with Gasteiger partial charge in [-0.3, -0.25) is 14.9 Å². The molecule has 1 N–H and O–H groups in total. The van der Waals surface area contributed by atoms with Gasteiger partial charge in [0.25, 0.3) is 11.6 Å². The standard InChI is InChI=1S/C21H26N6O3S/c1-12(21-9-13-5-14(10-21)7-15(6-13)11-21)22-19(28)17-8-16(27(29)30)3-4-18(17)31-20-23-24-25-26(20)2/h3-4,8,12-15H,5-7,9-11H2,1-2H3,(H,22,28)/t12-,13?,14?,15?,21?/m1/s1. The number of nitro benzene ring substituents is 1. The smallest absolute Gasteiger partial charge is 0.270 e. The number of tetrazole rings is 1. The van der Waals surface area contributed by atoms with Crippen LogP contribution in [0.1, 0.15) is 55.8 Å². The summed E-state index contributed by atoms with van der Waals surface area (Å²) >= 11 is 1.23. The molecule has 1 amide bonds. The largest absolute Gasteiger partial charge is 0.349 e. The van der Waals surface area contributed by atoms with Crippen LogP contribution >= 0.6 is 11.8 Å². The van der Waals surface area contributed by atoms with Gasteiger partial charge in [0.1, 0.15) is 0 Å². The average molecular weight is 443 g/mol. The second-order valence-corrected chi connectivity index (χ2v) is 10.6. The van der Waals surface area contributed by atoms with E-state index in [1.54, 1.807) is 13.1 Å². The quantitative estimate of drug-likeness (QED) is 0.537. The Labute approximate surface area is 184 Å². The average Bonchev–Trinajstić information content (AvgIpc) is 3.11. The second-order valence-electron chi connectivity index (χ2n) is 9.60. The van der Waals surface area contributed by atoms with Gasteiger partial charge in [0.15, 0.2) is 0 Å². The van der Waals surface area contributed by atoms with E-state index in [1.165, 1.54) is 67.1 Å². The number of carbonyl (C=O) groups excluding carboxylic acids is 1. The van der Waals surface area contributed by atoms with Crippen molar-refractivity contribution >= 4 is 23.4 Å². The summed E-state index contributed by atoms with van der Waals surface area (Å²) in [7, 11) is 1.71. The molecule has 31 heavy (non-hydrogen) atoms. The van der Waals surface area contributed by atoms with Gasteiger partial charge in [-0.25, -0.2) is 4.68 Å². The third kappa shape index (κ3) is 3.71. The predicted octanol–water partition coefficient (Wildman–Crippen LogP) is 3.60. The molecule has 0 spiro atoms. The molecule has 0 saturated heterocycles. The van der Waals surface area contributed by atoms with Gasteiger partial charge in [-0.2, -0.15) is 0 Å². The Balaban J connectivity index is 1.40. The lowest BCUT2D eigenvalue weighted by Gasteiger charge is -2.59. The van der Waals surface area contributed by atoms with Gasteiger partial charge < -0.3 is 5.32 Å². The molecule has 4 saturated carbocycles. The number of aromatic nitrogens is 4. The van der Waals surface area contributed by atoms with Crippen LogP contribution in [0.4, 0.5) is 5.69 Å². The number of carbonyl (C=O) groups is 1. The van der Waals surface area contributed by atoms with Gasteiger partial charge >= 0.3 is 0 Å². The Hall–Kier alpha value is -2.49. The van der Waals surface area contributed by atoms with Crippen molar-refractivity contribution in [2.45, 2.75) is 61.5 Å². The summed E-state index contributed by atoms with van der Waals surface area (Å²) in [6, 6.07) is 4.39. The van der Waals surface area contributed by atoms with Crippen molar-refractivity contribution in [1.82, 2.24) is 25.5 Å². The number of non-ortho nitro benzene ring substituents is 1. The summed E-state index contributed by atoms with van der Waals surface area (Å²) in [5.74, 6) is 2.10. The summed E-state index contributed by atoms with van der Waals surface area (Å²) in [6.07, 6.45) is 7.58. The number of nitrogens with one attached hydrogen (secondary N) is 1. The fourth-order valence-corrected chi connectivity index (χ4v) is 7.28. The molecule has 1 atom stereocenters. The van der Waals surface area contributed by atoms with E-state index in [4.69, 9.17) is 0 Å². The molecule has 9 nitrogen and oxygen atoms in total. The first kappa shape index (κ1) is 20.4. The number of benzene rings is 1. The number of hydrogen-bond donors (Lipinski definition) is 1. The fourth-order valence-electron chi connectivity index (χ4n) is 6.44. The van der Waals surface area contributed by atoms with Gasteiger partial charge in [-0.1, -0.05) is 0 Å². The fraction of sp³-hybridized carbons (Fsp3) is 0.619. The minimum atomic E-state index is -0.475. The molecule has 6 rings (SSSR count). The number of nitro groups is 1. The molecule has 1 aromatic carbocycles. The maximum Gasteiger partial charge on any atom is 0.270 e. The molecule has 10 heteroatoms. The van der Waals surface area contributed by atoms with E-state index < -0.39 is 4.92 Å². The highest BCUT2D eigenvalue weighted by Crippen LogP contribution is 2.61. The van der Waals surface area contributed by atoms with Crippen molar-refractivity contribution in [3.05, 3.63) is 33.9 Å². The van der Waals surface area contributed by atoms with Crippen molar-refractivity contribution in [3.63, 3.8) is 0 Å². The normalized spacial score (nSPS) is 29.7. The van der Waals surface area contributed by atoms with Crippen molar-refractivity contribution in [2.24, 2.45) is 30.2 Å². The summed E-state index contributed by atoms with van der Waals surface area (Å²) in [4.78, 5) is 24.8. The lowest BCUT2D eigenvalue weighted by atomic mass is 9.48. The molecular formula is C21H26N6O3S. The Bertz CT molecular complexity index is 1000. The molecule has 4 aliphatic carbocycles. The molecule has 0 unspecified atom stereocenters. The highest BCUT2D eigenvalue weighted by atomic mass is 32.2. The third-order valence-electron chi connectivity index (χ3n) is 7.55. The van der Waals surface area contributed by atoms with Gasteiger partial charge in [-0.05, 0) is 96.9 Å². The predicted molar refractivity (Wildman–Crippen MR) is 114 cm³/mol. The van der Waals surface area contributed by atoms with Crippen LogP contribution < -0.4 is 5.32 Å². The Morgan fingerprint density at radius 3 is 2.45 bits per heavy atom. The summed E-state index contributed by atoms with van der Waals surface area (Å²) in [6.45, 7) is 2.11. The van der Waals surface area contributed by atoms with Crippen LogP contribution in [0.2, 0.25) is 0 Å². The topological polar surface area (TPSA) is 116 Å². The maximum atomic E-state index is 13.4. The SMILES string of the molecule is C[C@@H](NC(=O)c1cc([N+](=O)[O-])ccc1Sc1nnnn1C)C12CC3CC(CC(C3)C1)C2. The monoisotopic (exact) mass is 442 g/mol. The molecule has 4 aliphatic rings. The Morgan fingerprint density at radius 1 is 1.26 bits per heavy atom. The van der Waals surface area contributed by atoms with Crippen LogP contribution in [0.5, 0.6) is 0 Å². The van der Waals surface area contributed by atoms with Crippen LogP contribution in [-0.4, -0.2) is 37.1 Å². The molecular weight excluding hydrogens is 416 g/mol. The van der Waals surface area contributed by atoms with Crippen molar-refractivity contribution in [1.29, 1.82) is 0 Å². The molecule has 0 aliphatic heterocycles. The van der Waals surface area contributed by atoms with Crippen LogP contribution in [0, 0.1) is 33.3 Å². The molecule has 164 valence electrons. The van der Waals surface area contributed by atoms with Crippen molar-refractivity contribution < 1.29 is 9.72 Å². The van der Waals surface area contributed by atoms with Gasteiger partial charge in [0.05, 0.1) is 10.5 Å². The molecule has 1 heterocycles. The highest BCUT2D eigenvalue weighted by Gasteiger charge is 2.53. The number of hydrogen-bond acceptors (Lipinski definition) is 7. The minimum Gasteiger partial charge on any atom is -0.349 e. The van der Waals surface area contributed by atoms with Crippen LogP contribution in [0.15, 0.2) is 28.3 Å². The number of nitrogens with zero attached hydrogens (tertiary/aromatic N) is 5. The summed E-state index contributed by atoms with van der Waals surface area (Å²) in [5, 5.41) is 26.5. The van der Waals surface area contributed by atoms with Crippen LogP contribution in [-0.2, 0) is 7.05 Å². The van der Waals surface area contributed by atoms with Gasteiger partial charge in [0.2, 0.25) is 5.16 Å². The van der Waals surface area contributed by atoms with Crippen LogP contribution in [0.3, 0.4) is 0 Å². The molecule has 4 fully saturated rings. The maximum absolute atomic E-state index is 13.4. The zero-order valence-electron chi connectivity index (χ0n) is 17.7. The zero-order chi connectivity index (χ0) is 21.8. The van der Waals surface area contributed by atoms with Crippen molar-refractivity contribution in [3.8, 4) is 0 Å². The molecule has 2 aromatic rings. The van der Waals surface area contributed by atoms with E-state index in [9.17, 15) is 14.9 Å². The highest BCUT2D eigenvalue weighted by molar-refractivity contribution is 7.99. The van der Waals surface area contributed by atoms with E-state index in [0.29, 0.717) is 15.6 Å². The lowest BCUT2D eigenvalue weighted by molar-refractivity contribution is -0.384. The van der Waals surface area contributed by atoms with Crippen LogP contribution in [0.25, 0.3) is 0 Å². The van der Waals surface area contributed by atoms with E-state index in [2.05, 4.69) is 27.8 Å². The number of amides is 1. The number of aryl methyl sites for hydroxylation is 1. The molecule has 0 radical (unpaired) electrons. The molecule has 1 aromatic heterocycles. The first-order valence-corrected chi connectivity index (χ1v) is 11.6. The zero-order valence-corrected chi connectivity index (χ0v) is 18.5. The lowest BCUT2D eigenvalue weighted by Crippen LogP contribution is -2.55. The van der Waals surface area contributed by atoms with E-state index >= 15 is 0 Å². The summed E-state index contributed by atoms with van der Waals surface area (Å²) in [5.41, 5.74) is 0.346. The number of rotatable bonds is 6. The third-order valence-corrected chi connectivity index (χ3v) is 8.66. The van der Waals surface area contributed by atoms with Crippen molar-refractivity contribution in [2.75, 3.05) is 0 Å². The van der Waals surface area contributed by atoms with E-state index in [0.717, 1.165) is 17.8 Å². The van der Waals surface area contributed by atoms with Gasteiger partial charge in [-0.15, -0.1) is 5.10 Å². The first-order chi connectivity index (χ1) is 14.8. The Morgan fingerprint density at radius 2 is 1.90 bits per heavy atom. The summed E-state index contributed by atoms with van der Waals surface area (Å²) < 4.78 is 1.51. The second kappa shape index (κ2) is 7.58. The molecule has 4 bridgehead atoms. The van der Waals surface area contributed by atoms with E-state index in [-0.39, 0.29) is 23.1 Å². The Kier molecular flexibility index (Phi) is 4.99. The van der Waals surface area contributed by atoms with Gasteiger partial charge in [0, 0.05) is 30.1 Å². The minimum absolute atomic E-state index is 0.0296.